The van der Waals surface area contributed by atoms with Crippen molar-refractivity contribution in [3.63, 3.8) is 0 Å². The van der Waals surface area contributed by atoms with Crippen LogP contribution in [0.5, 0.6) is 5.75 Å². The van der Waals surface area contributed by atoms with Crippen LogP contribution in [0.3, 0.4) is 0 Å². The first-order valence-electron chi connectivity index (χ1n) is 5.76. The molecule has 0 radical (unpaired) electrons. The van der Waals surface area contributed by atoms with Crippen LogP contribution in [0.2, 0.25) is 0 Å². The van der Waals surface area contributed by atoms with Gasteiger partial charge in [-0.25, -0.2) is 0 Å². The van der Waals surface area contributed by atoms with Gasteiger partial charge in [0, 0.05) is 31.6 Å². The zero-order chi connectivity index (χ0) is 13.0. The maximum atomic E-state index is 9.61. The summed E-state index contributed by atoms with van der Waals surface area (Å²) in [5, 5.41) is 9.61. The number of phenols is 1. The Morgan fingerprint density at radius 2 is 1.67 bits per heavy atom. The minimum Gasteiger partial charge on any atom is -0.507 e. The number of anilines is 1. The first kappa shape index (κ1) is 12.2. The second-order valence-corrected chi connectivity index (χ2v) is 4.23. The molecule has 0 amide bonds. The van der Waals surface area contributed by atoms with Gasteiger partial charge in [0.2, 0.25) is 0 Å². The Balaban J connectivity index is 2.17. The molecule has 18 heavy (non-hydrogen) atoms. The normalized spacial score (nSPS) is 10.8. The largest absolute Gasteiger partial charge is 0.507 e. The molecule has 0 bridgehead atoms. The summed E-state index contributed by atoms with van der Waals surface area (Å²) in [6, 6.07) is 15.1. The van der Waals surface area contributed by atoms with E-state index >= 15 is 0 Å². The third kappa shape index (κ3) is 2.88. The fourth-order valence-corrected chi connectivity index (χ4v) is 1.58. The second kappa shape index (κ2) is 5.36. The van der Waals surface area contributed by atoms with Crippen LogP contribution in [0.1, 0.15) is 5.56 Å². The summed E-state index contributed by atoms with van der Waals surface area (Å²) in [5.74, 6) is 0.242. The van der Waals surface area contributed by atoms with Crippen LogP contribution >= 0.6 is 0 Å². The van der Waals surface area contributed by atoms with E-state index in [4.69, 9.17) is 0 Å². The van der Waals surface area contributed by atoms with Gasteiger partial charge in [0.05, 0.1) is 5.69 Å². The molecule has 3 heteroatoms. The van der Waals surface area contributed by atoms with Crippen molar-refractivity contribution in [1.82, 2.24) is 0 Å². The number of hydrogen-bond donors (Lipinski definition) is 1. The Kier molecular flexibility index (Phi) is 3.63. The summed E-state index contributed by atoms with van der Waals surface area (Å²) in [6.45, 7) is 0. The molecule has 0 fully saturated rings. The van der Waals surface area contributed by atoms with Crippen LogP contribution in [0.25, 0.3) is 0 Å². The predicted molar refractivity (Wildman–Crippen MR) is 76.1 cm³/mol. The van der Waals surface area contributed by atoms with Gasteiger partial charge >= 0.3 is 0 Å². The minimum atomic E-state index is 0.242. The topological polar surface area (TPSA) is 35.8 Å². The molecule has 0 unspecified atom stereocenters. The average Bonchev–Trinajstić information content (AvgIpc) is 2.38. The lowest BCUT2D eigenvalue weighted by molar-refractivity contribution is 0.474. The third-order valence-corrected chi connectivity index (χ3v) is 2.66. The lowest BCUT2D eigenvalue weighted by Gasteiger charge is -2.11. The van der Waals surface area contributed by atoms with Gasteiger partial charge in [0.25, 0.3) is 0 Å². The van der Waals surface area contributed by atoms with E-state index in [2.05, 4.69) is 4.99 Å². The molecule has 0 aliphatic heterocycles. The molecule has 92 valence electrons. The molecule has 0 aromatic heterocycles. The fraction of sp³-hybridized carbons (Fsp3) is 0.133. The van der Waals surface area contributed by atoms with Gasteiger partial charge in [-0.05, 0) is 36.4 Å². The highest BCUT2D eigenvalue weighted by molar-refractivity contribution is 5.85. The van der Waals surface area contributed by atoms with Crippen molar-refractivity contribution >= 4 is 17.6 Å². The molecule has 0 aliphatic carbocycles. The molecule has 2 aromatic carbocycles. The summed E-state index contributed by atoms with van der Waals surface area (Å²) in [7, 11) is 4.00. The monoisotopic (exact) mass is 240 g/mol. The van der Waals surface area contributed by atoms with E-state index in [1.54, 1.807) is 18.3 Å². The van der Waals surface area contributed by atoms with Crippen molar-refractivity contribution in [3.05, 3.63) is 54.1 Å². The van der Waals surface area contributed by atoms with Gasteiger partial charge in [-0.2, -0.15) is 0 Å². The zero-order valence-corrected chi connectivity index (χ0v) is 10.5. The first-order chi connectivity index (χ1) is 8.66. The summed E-state index contributed by atoms with van der Waals surface area (Å²) in [5.41, 5.74) is 2.72. The number of benzene rings is 2. The van der Waals surface area contributed by atoms with Crippen molar-refractivity contribution in [1.29, 1.82) is 0 Å². The second-order valence-electron chi connectivity index (χ2n) is 4.23. The molecule has 3 nitrogen and oxygen atoms in total. The van der Waals surface area contributed by atoms with Crippen LogP contribution in [0.15, 0.2) is 53.5 Å². The van der Waals surface area contributed by atoms with Gasteiger partial charge in [0.15, 0.2) is 0 Å². The lowest BCUT2D eigenvalue weighted by Crippen LogP contribution is -2.07. The number of aliphatic imine (C=N–C) groups is 1. The standard InChI is InChI=1S/C15H16N2O/c1-17(2)14-9-7-13(8-10-14)16-11-12-5-3-4-6-15(12)18/h3-11,18H,1-2H3/b16-11+. The van der Waals surface area contributed by atoms with E-state index in [9.17, 15) is 5.11 Å². The Morgan fingerprint density at radius 3 is 2.28 bits per heavy atom. The molecule has 0 heterocycles. The predicted octanol–water partition coefficient (Wildman–Crippen LogP) is 3.21. The molecular formula is C15H16N2O. The molecule has 0 spiro atoms. The van der Waals surface area contributed by atoms with E-state index in [-0.39, 0.29) is 5.75 Å². The number of para-hydroxylation sites is 1. The van der Waals surface area contributed by atoms with E-state index in [1.807, 2.05) is 55.4 Å². The molecule has 0 aliphatic rings. The molecular weight excluding hydrogens is 224 g/mol. The lowest BCUT2D eigenvalue weighted by atomic mass is 10.2. The van der Waals surface area contributed by atoms with Crippen molar-refractivity contribution in [3.8, 4) is 5.75 Å². The van der Waals surface area contributed by atoms with Crippen LogP contribution in [0.4, 0.5) is 11.4 Å². The molecule has 0 saturated heterocycles. The third-order valence-electron chi connectivity index (χ3n) is 2.66. The summed E-state index contributed by atoms with van der Waals surface area (Å²) < 4.78 is 0. The summed E-state index contributed by atoms with van der Waals surface area (Å²) in [6.07, 6.45) is 1.67. The maximum absolute atomic E-state index is 9.61. The van der Waals surface area contributed by atoms with Crippen LogP contribution < -0.4 is 4.90 Å². The van der Waals surface area contributed by atoms with Crippen molar-refractivity contribution in [2.45, 2.75) is 0 Å². The highest BCUT2D eigenvalue weighted by Crippen LogP contribution is 2.19. The molecule has 2 rings (SSSR count). The van der Waals surface area contributed by atoms with Gasteiger partial charge in [0.1, 0.15) is 5.75 Å². The van der Waals surface area contributed by atoms with Gasteiger partial charge in [-0.1, -0.05) is 12.1 Å². The van der Waals surface area contributed by atoms with Gasteiger partial charge < -0.3 is 10.0 Å². The SMILES string of the molecule is CN(C)c1ccc(/N=C/c2ccccc2O)cc1. The minimum absolute atomic E-state index is 0.242. The Hall–Kier alpha value is -2.29. The Labute approximate surface area is 107 Å². The van der Waals surface area contributed by atoms with Gasteiger partial charge in [-0.3, -0.25) is 4.99 Å². The Morgan fingerprint density at radius 1 is 1.00 bits per heavy atom. The highest BCUT2D eigenvalue weighted by atomic mass is 16.3. The highest BCUT2D eigenvalue weighted by Gasteiger charge is 1.96. The average molecular weight is 240 g/mol. The van der Waals surface area contributed by atoms with E-state index in [1.165, 1.54) is 0 Å². The maximum Gasteiger partial charge on any atom is 0.124 e. The van der Waals surface area contributed by atoms with Crippen LogP contribution in [-0.4, -0.2) is 25.4 Å². The Bertz CT molecular complexity index is 545. The van der Waals surface area contributed by atoms with Crippen molar-refractivity contribution in [2.24, 2.45) is 4.99 Å². The zero-order valence-electron chi connectivity index (χ0n) is 10.5. The van der Waals surface area contributed by atoms with E-state index in [0.717, 1.165) is 11.4 Å². The van der Waals surface area contributed by atoms with Crippen molar-refractivity contribution in [2.75, 3.05) is 19.0 Å². The number of rotatable bonds is 3. The molecule has 2 aromatic rings. The number of aromatic hydroxyl groups is 1. The number of phenolic OH excluding ortho intramolecular Hbond substituents is 1. The van der Waals surface area contributed by atoms with Crippen LogP contribution in [-0.2, 0) is 0 Å². The fourth-order valence-electron chi connectivity index (χ4n) is 1.58. The molecule has 1 N–H and O–H groups in total. The van der Waals surface area contributed by atoms with E-state index in [0.29, 0.717) is 5.56 Å². The summed E-state index contributed by atoms with van der Waals surface area (Å²) >= 11 is 0. The quantitative estimate of drug-likeness (QED) is 0.836. The van der Waals surface area contributed by atoms with Crippen LogP contribution in [0, 0.1) is 0 Å². The molecule has 0 saturated carbocycles. The van der Waals surface area contributed by atoms with Gasteiger partial charge in [-0.15, -0.1) is 0 Å². The first-order valence-corrected chi connectivity index (χ1v) is 5.76. The van der Waals surface area contributed by atoms with Crippen molar-refractivity contribution < 1.29 is 5.11 Å². The van der Waals surface area contributed by atoms with E-state index < -0.39 is 0 Å². The summed E-state index contributed by atoms with van der Waals surface area (Å²) in [4.78, 5) is 6.37. The molecule has 0 atom stereocenters. The number of hydrogen-bond acceptors (Lipinski definition) is 3. The number of nitrogens with zero attached hydrogens (tertiary/aromatic N) is 2. The smallest absolute Gasteiger partial charge is 0.124 e.